The second-order valence-corrected chi connectivity index (χ2v) is 4.45. The highest BCUT2D eigenvalue weighted by Crippen LogP contribution is 2.17. The number of aryl methyl sites for hydroxylation is 2. The molecule has 1 aromatic rings. The lowest BCUT2D eigenvalue weighted by molar-refractivity contribution is -0.118. The zero-order chi connectivity index (χ0) is 13.5. The van der Waals surface area contributed by atoms with Crippen molar-refractivity contribution in [2.24, 2.45) is 5.92 Å². The van der Waals surface area contributed by atoms with Crippen LogP contribution in [0.3, 0.4) is 0 Å². The van der Waals surface area contributed by atoms with Crippen LogP contribution in [0.15, 0.2) is 18.2 Å². The van der Waals surface area contributed by atoms with E-state index in [1.165, 1.54) is 11.1 Å². The Morgan fingerprint density at radius 1 is 1.44 bits per heavy atom. The fourth-order valence-corrected chi connectivity index (χ4v) is 1.90. The van der Waals surface area contributed by atoms with E-state index in [9.17, 15) is 4.79 Å². The molecule has 0 spiro atoms. The van der Waals surface area contributed by atoms with Gasteiger partial charge in [-0.15, -0.1) is 0 Å². The summed E-state index contributed by atoms with van der Waals surface area (Å²) in [5, 5.41) is 11.8. The minimum Gasteiger partial charge on any atom is -0.325 e. The Balaban J connectivity index is 2.78. The second-order valence-electron chi connectivity index (χ2n) is 4.45. The highest BCUT2D eigenvalue weighted by Gasteiger charge is 2.16. The Hall–Kier alpha value is -1.82. The van der Waals surface area contributed by atoms with Gasteiger partial charge < -0.3 is 5.32 Å². The van der Waals surface area contributed by atoms with Crippen LogP contribution in [0.1, 0.15) is 37.8 Å². The van der Waals surface area contributed by atoms with Crippen molar-refractivity contribution in [1.82, 2.24) is 0 Å². The second kappa shape index (κ2) is 6.80. The first-order chi connectivity index (χ1) is 8.62. The normalized spacial score (nSPS) is 11.7. The molecule has 0 aliphatic heterocycles. The number of anilines is 1. The third-order valence-electron chi connectivity index (χ3n) is 3.05. The fourth-order valence-electron chi connectivity index (χ4n) is 1.90. The Kier molecular flexibility index (Phi) is 5.38. The van der Waals surface area contributed by atoms with Gasteiger partial charge in [0.05, 0.1) is 6.07 Å². The Morgan fingerprint density at radius 2 is 2.17 bits per heavy atom. The number of hydrogen-bond acceptors (Lipinski definition) is 2. The zero-order valence-electron chi connectivity index (χ0n) is 11.3. The maximum absolute atomic E-state index is 11.9. The molecule has 1 amide bonds. The van der Waals surface area contributed by atoms with Crippen LogP contribution in [0, 0.1) is 24.2 Å². The number of nitriles is 1. The van der Waals surface area contributed by atoms with Gasteiger partial charge >= 0.3 is 0 Å². The number of rotatable bonds is 5. The molecule has 1 rings (SSSR count). The van der Waals surface area contributed by atoms with Crippen LogP contribution in [0.4, 0.5) is 5.69 Å². The van der Waals surface area contributed by atoms with Crippen molar-refractivity contribution in [3.63, 3.8) is 0 Å². The molecule has 1 aromatic carbocycles. The molecule has 0 saturated heterocycles. The van der Waals surface area contributed by atoms with Crippen molar-refractivity contribution in [1.29, 1.82) is 5.26 Å². The minimum absolute atomic E-state index is 0.203. The topological polar surface area (TPSA) is 52.9 Å². The van der Waals surface area contributed by atoms with Crippen molar-refractivity contribution >= 4 is 11.6 Å². The third-order valence-corrected chi connectivity index (χ3v) is 3.05. The predicted octanol–water partition coefficient (Wildman–Crippen LogP) is 3.44. The monoisotopic (exact) mass is 244 g/mol. The summed E-state index contributed by atoms with van der Waals surface area (Å²) in [6.45, 7) is 6.11. The van der Waals surface area contributed by atoms with Crippen LogP contribution in [-0.2, 0) is 11.2 Å². The fraction of sp³-hybridized carbons (Fsp3) is 0.467. The first-order valence-corrected chi connectivity index (χ1v) is 6.42. The summed E-state index contributed by atoms with van der Waals surface area (Å²) in [5.74, 6) is -0.758. The summed E-state index contributed by atoms with van der Waals surface area (Å²) in [4.78, 5) is 11.9. The van der Waals surface area contributed by atoms with Gasteiger partial charge in [0.15, 0.2) is 0 Å². The highest BCUT2D eigenvalue weighted by molar-refractivity contribution is 5.94. The summed E-state index contributed by atoms with van der Waals surface area (Å²) in [6.07, 6.45) is 2.38. The van der Waals surface area contributed by atoms with Gasteiger partial charge in [-0.05, 0) is 43.0 Å². The lowest BCUT2D eigenvalue weighted by Gasteiger charge is -2.11. The molecular formula is C15H20N2O. The standard InChI is InChI=1S/C15H20N2O/c1-4-6-13(10-16)15(18)17-14-8-7-11(3)12(5-2)9-14/h7-9,13H,4-6H2,1-3H3,(H,17,18). The van der Waals surface area contributed by atoms with Crippen LogP contribution < -0.4 is 5.32 Å². The number of benzene rings is 1. The van der Waals surface area contributed by atoms with E-state index >= 15 is 0 Å². The summed E-state index contributed by atoms with van der Waals surface area (Å²) in [6, 6.07) is 7.91. The van der Waals surface area contributed by atoms with E-state index in [0.29, 0.717) is 6.42 Å². The predicted molar refractivity (Wildman–Crippen MR) is 73.2 cm³/mol. The molecule has 1 unspecified atom stereocenters. The van der Waals surface area contributed by atoms with Crippen LogP contribution >= 0.6 is 0 Å². The third kappa shape index (κ3) is 3.59. The van der Waals surface area contributed by atoms with Gasteiger partial charge in [-0.1, -0.05) is 26.3 Å². The molecule has 0 aliphatic rings. The first kappa shape index (κ1) is 14.2. The molecule has 18 heavy (non-hydrogen) atoms. The number of nitrogens with one attached hydrogen (secondary N) is 1. The van der Waals surface area contributed by atoms with Gasteiger partial charge in [0.1, 0.15) is 5.92 Å². The van der Waals surface area contributed by atoms with Crippen LogP contribution in [0.2, 0.25) is 0 Å². The SMILES string of the molecule is CCCC(C#N)C(=O)Nc1ccc(C)c(CC)c1. The summed E-state index contributed by atoms with van der Waals surface area (Å²) in [7, 11) is 0. The maximum Gasteiger partial charge on any atom is 0.241 e. The largest absolute Gasteiger partial charge is 0.325 e. The number of carbonyl (C=O) groups excluding carboxylic acids is 1. The van der Waals surface area contributed by atoms with E-state index in [-0.39, 0.29) is 5.91 Å². The molecule has 1 atom stereocenters. The zero-order valence-corrected chi connectivity index (χ0v) is 11.3. The molecule has 3 nitrogen and oxygen atoms in total. The van der Waals surface area contributed by atoms with Gasteiger partial charge in [0, 0.05) is 5.69 Å². The van der Waals surface area contributed by atoms with Gasteiger partial charge in [-0.2, -0.15) is 5.26 Å². The van der Waals surface area contributed by atoms with E-state index in [2.05, 4.69) is 25.2 Å². The quantitative estimate of drug-likeness (QED) is 0.862. The average Bonchev–Trinajstić information content (AvgIpc) is 2.38. The molecule has 1 N–H and O–H groups in total. The van der Waals surface area contributed by atoms with Crippen molar-refractivity contribution < 1.29 is 4.79 Å². The molecule has 0 saturated carbocycles. The number of carbonyl (C=O) groups is 1. The molecular weight excluding hydrogens is 224 g/mol. The number of hydrogen-bond donors (Lipinski definition) is 1. The van der Waals surface area contributed by atoms with E-state index in [4.69, 9.17) is 5.26 Å². The summed E-state index contributed by atoms with van der Waals surface area (Å²) < 4.78 is 0. The van der Waals surface area contributed by atoms with Crippen molar-refractivity contribution in [3.05, 3.63) is 29.3 Å². The van der Waals surface area contributed by atoms with Crippen molar-refractivity contribution in [2.75, 3.05) is 5.32 Å². The Labute approximate surface area is 109 Å². The minimum atomic E-state index is -0.554. The van der Waals surface area contributed by atoms with Crippen LogP contribution in [0.25, 0.3) is 0 Å². The lowest BCUT2D eigenvalue weighted by Crippen LogP contribution is -2.21. The van der Waals surface area contributed by atoms with Gasteiger partial charge in [0.2, 0.25) is 5.91 Å². The number of nitrogens with zero attached hydrogens (tertiary/aromatic N) is 1. The van der Waals surface area contributed by atoms with Crippen molar-refractivity contribution in [3.8, 4) is 6.07 Å². The smallest absolute Gasteiger partial charge is 0.241 e. The number of amides is 1. The lowest BCUT2D eigenvalue weighted by atomic mass is 10.0. The molecule has 0 radical (unpaired) electrons. The van der Waals surface area contributed by atoms with Crippen LogP contribution in [-0.4, -0.2) is 5.91 Å². The summed E-state index contributed by atoms with van der Waals surface area (Å²) in [5.41, 5.74) is 3.22. The van der Waals surface area contributed by atoms with Crippen LogP contribution in [0.5, 0.6) is 0 Å². The molecule has 96 valence electrons. The van der Waals surface area contributed by atoms with E-state index in [0.717, 1.165) is 18.5 Å². The molecule has 0 fully saturated rings. The maximum atomic E-state index is 11.9. The van der Waals surface area contributed by atoms with E-state index < -0.39 is 5.92 Å². The Bertz CT molecular complexity index is 460. The first-order valence-electron chi connectivity index (χ1n) is 6.42. The summed E-state index contributed by atoms with van der Waals surface area (Å²) >= 11 is 0. The molecule has 3 heteroatoms. The average molecular weight is 244 g/mol. The molecule has 0 aromatic heterocycles. The van der Waals surface area contributed by atoms with Crippen molar-refractivity contribution in [2.45, 2.75) is 40.0 Å². The van der Waals surface area contributed by atoms with Gasteiger partial charge in [-0.25, -0.2) is 0 Å². The van der Waals surface area contributed by atoms with E-state index in [1.807, 2.05) is 25.1 Å². The van der Waals surface area contributed by atoms with Gasteiger partial charge in [-0.3, -0.25) is 4.79 Å². The molecule has 0 aliphatic carbocycles. The molecule has 0 bridgehead atoms. The van der Waals surface area contributed by atoms with E-state index in [1.54, 1.807) is 0 Å². The Morgan fingerprint density at radius 3 is 2.72 bits per heavy atom. The highest BCUT2D eigenvalue weighted by atomic mass is 16.1. The molecule has 0 heterocycles. The van der Waals surface area contributed by atoms with Gasteiger partial charge in [0.25, 0.3) is 0 Å².